The summed E-state index contributed by atoms with van der Waals surface area (Å²) in [6, 6.07) is 2.00. The van der Waals surface area contributed by atoms with E-state index in [1.165, 1.54) is 0 Å². The molecule has 2 heterocycles. The van der Waals surface area contributed by atoms with E-state index in [0.717, 1.165) is 23.6 Å². The first-order valence-corrected chi connectivity index (χ1v) is 6.73. The Labute approximate surface area is 92.3 Å². The second kappa shape index (κ2) is 4.47. The van der Waals surface area contributed by atoms with Crippen molar-refractivity contribution in [1.82, 2.24) is 4.90 Å². The quantitative estimate of drug-likeness (QED) is 0.721. The largest absolute Gasteiger partial charge is 0.295 e. The molecule has 0 aliphatic carbocycles. The van der Waals surface area contributed by atoms with Gasteiger partial charge in [-0.15, -0.1) is 0 Å². The highest BCUT2D eigenvalue weighted by Crippen LogP contribution is 2.19. The SMILES string of the molecule is CN1CCSCC1C(=O)c1ccsc1. The molecule has 1 aromatic rings. The lowest BCUT2D eigenvalue weighted by atomic mass is 10.1. The van der Waals surface area contributed by atoms with Crippen molar-refractivity contribution >= 4 is 28.9 Å². The van der Waals surface area contributed by atoms with Gasteiger partial charge in [-0.25, -0.2) is 0 Å². The van der Waals surface area contributed by atoms with Crippen LogP contribution in [0.25, 0.3) is 0 Å². The molecule has 1 aliphatic rings. The van der Waals surface area contributed by atoms with Crippen LogP contribution in [0.1, 0.15) is 10.4 Å². The number of Topliss-reactive ketones (excluding diaryl/α,β-unsaturated/α-hetero) is 1. The Balaban J connectivity index is 2.10. The van der Waals surface area contributed by atoms with E-state index in [1.54, 1.807) is 11.3 Å². The normalized spacial score (nSPS) is 23.6. The average Bonchev–Trinajstić information content (AvgIpc) is 2.70. The van der Waals surface area contributed by atoms with Crippen LogP contribution < -0.4 is 0 Å². The van der Waals surface area contributed by atoms with E-state index >= 15 is 0 Å². The van der Waals surface area contributed by atoms with E-state index < -0.39 is 0 Å². The molecule has 1 aromatic heterocycles. The van der Waals surface area contributed by atoms with Gasteiger partial charge in [0.15, 0.2) is 5.78 Å². The molecule has 0 aromatic carbocycles. The molecule has 4 heteroatoms. The fourth-order valence-electron chi connectivity index (χ4n) is 1.56. The predicted molar refractivity (Wildman–Crippen MR) is 62.4 cm³/mol. The molecule has 0 spiro atoms. The third-order valence-electron chi connectivity index (χ3n) is 2.50. The lowest BCUT2D eigenvalue weighted by Gasteiger charge is -2.30. The molecule has 1 atom stereocenters. The first-order valence-electron chi connectivity index (χ1n) is 4.63. The number of hydrogen-bond acceptors (Lipinski definition) is 4. The van der Waals surface area contributed by atoms with Gasteiger partial charge in [0, 0.05) is 29.0 Å². The lowest BCUT2D eigenvalue weighted by Crippen LogP contribution is -2.44. The predicted octanol–water partition coefficient (Wildman–Crippen LogP) is 1.98. The second-order valence-electron chi connectivity index (χ2n) is 3.45. The summed E-state index contributed by atoms with van der Waals surface area (Å²) in [5.74, 6) is 2.36. The molecular formula is C10H13NOS2. The van der Waals surface area contributed by atoms with Crippen LogP contribution in [0.4, 0.5) is 0 Å². The third-order valence-corrected chi connectivity index (χ3v) is 4.21. The van der Waals surface area contributed by atoms with Crippen molar-refractivity contribution in [3.8, 4) is 0 Å². The van der Waals surface area contributed by atoms with Crippen LogP contribution in [0, 0.1) is 0 Å². The molecule has 2 nitrogen and oxygen atoms in total. The van der Waals surface area contributed by atoms with E-state index in [0.29, 0.717) is 0 Å². The number of carbonyl (C=O) groups excluding carboxylic acids is 1. The van der Waals surface area contributed by atoms with Gasteiger partial charge in [0.25, 0.3) is 0 Å². The van der Waals surface area contributed by atoms with Crippen molar-refractivity contribution in [3.05, 3.63) is 22.4 Å². The van der Waals surface area contributed by atoms with Crippen molar-refractivity contribution in [3.63, 3.8) is 0 Å². The van der Waals surface area contributed by atoms with Crippen LogP contribution in [0.3, 0.4) is 0 Å². The molecule has 0 bridgehead atoms. The van der Waals surface area contributed by atoms with E-state index in [1.807, 2.05) is 35.6 Å². The smallest absolute Gasteiger partial charge is 0.181 e. The summed E-state index contributed by atoms with van der Waals surface area (Å²) in [5, 5.41) is 3.90. The van der Waals surface area contributed by atoms with Crippen molar-refractivity contribution in [2.24, 2.45) is 0 Å². The Morgan fingerprint density at radius 3 is 3.14 bits per heavy atom. The average molecular weight is 227 g/mol. The minimum absolute atomic E-state index is 0.0864. The van der Waals surface area contributed by atoms with Gasteiger partial charge in [-0.2, -0.15) is 23.1 Å². The third kappa shape index (κ3) is 2.02. The van der Waals surface area contributed by atoms with Gasteiger partial charge >= 0.3 is 0 Å². The highest BCUT2D eigenvalue weighted by atomic mass is 32.2. The number of thioether (sulfide) groups is 1. The number of nitrogens with zero attached hydrogens (tertiary/aromatic N) is 1. The second-order valence-corrected chi connectivity index (χ2v) is 5.38. The molecule has 2 rings (SSSR count). The highest BCUT2D eigenvalue weighted by Gasteiger charge is 2.27. The number of carbonyl (C=O) groups is 1. The summed E-state index contributed by atoms with van der Waals surface area (Å²) >= 11 is 3.46. The molecular weight excluding hydrogens is 214 g/mol. The van der Waals surface area contributed by atoms with Crippen LogP contribution in [-0.4, -0.2) is 41.8 Å². The van der Waals surface area contributed by atoms with Gasteiger partial charge in [0.1, 0.15) is 0 Å². The zero-order chi connectivity index (χ0) is 9.97. The highest BCUT2D eigenvalue weighted by molar-refractivity contribution is 7.99. The molecule has 0 amide bonds. The fourth-order valence-corrected chi connectivity index (χ4v) is 3.42. The fraction of sp³-hybridized carbons (Fsp3) is 0.500. The van der Waals surface area contributed by atoms with Gasteiger partial charge in [0.2, 0.25) is 0 Å². The van der Waals surface area contributed by atoms with E-state index in [9.17, 15) is 4.79 Å². The number of likely N-dealkylation sites (N-methyl/N-ethyl adjacent to an activating group) is 1. The van der Waals surface area contributed by atoms with Gasteiger partial charge in [0.05, 0.1) is 6.04 Å². The first-order chi connectivity index (χ1) is 6.79. The van der Waals surface area contributed by atoms with Gasteiger partial charge in [-0.3, -0.25) is 9.69 Å². The molecule has 76 valence electrons. The first kappa shape index (κ1) is 10.2. The lowest BCUT2D eigenvalue weighted by molar-refractivity contribution is 0.0875. The summed E-state index contributed by atoms with van der Waals surface area (Å²) in [6.45, 7) is 1.02. The summed E-state index contributed by atoms with van der Waals surface area (Å²) in [4.78, 5) is 14.2. The summed E-state index contributed by atoms with van der Waals surface area (Å²) in [7, 11) is 2.04. The number of ketones is 1. The Hall–Kier alpha value is -0.320. The molecule has 1 unspecified atom stereocenters. The van der Waals surface area contributed by atoms with Crippen molar-refractivity contribution < 1.29 is 4.79 Å². The summed E-state index contributed by atoms with van der Waals surface area (Å²) < 4.78 is 0. The summed E-state index contributed by atoms with van der Waals surface area (Å²) in [6.07, 6.45) is 0. The maximum Gasteiger partial charge on any atom is 0.181 e. The molecule has 0 radical (unpaired) electrons. The molecule has 14 heavy (non-hydrogen) atoms. The number of hydrogen-bond donors (Lipinski definition) is 0. The Bertz CT molecular complexity index is 310. The van der Waals surface area contributed by atoms with E-state index in [-0.39, 0.29) is 11.8 Å². The van der Waals surface area contributed by atoms with Crippen LogP contribution >= 0.6 is 23.1 Å². The minimum Gasteiger partial charge on any atom is -0.295 e. The zero-order valence-electron chi connectivity index (χ0n) is 8.10. The van der Waals surface area contributed by atoms with Gasteiger partial charge in [-0.05, 0) is 18.5 Å². The van der Waals surface area contributed by atoms with E-state index in [4.69, 9.17) is 0 Å². The maximum absolute atomic E-state index is 12.0. The number of rotatable bonds is 2. The van der Waals surface area contributed by atoms with Crippen LogP contribution in [0.5, 0.6) is 0 Å². The monoisotopic (exact) mass is 227 g/mol. The van der Waals surface area contributed by atoms with Gasteiger partial charge < -0.3 is 0 Å². The van der Waals surface area contributed by atoms with Crippen molar-refractivity contribution in [2.45, 2.75) is 6.04 Å². The Kier molecular flexibility index (Phi) is 3.26. The number of thiophene rings is 1. The Morgan fingerprint density at radius 2 is 2.50 bits per heavy atom. The zero-order valence-corrected chi connectivity index (χ0v) is 9.74. The Morgan fingerprint density at radius 1 is 1.64 bits per heavy atom. The molecule has 0 N–H and O–H groups in total. The van der Waals surface area contributed by atoms with Crippen molar-refractivity contribution in [2.75, 3.05) is 25.1 Å². The van der Waals surface area contributed by atoms with Gasteiger partial charge in [-0.1, -0.05) is 0 Å². The molecule has 1 saturated heterocycles. The topological polar surface area (TPSA) is 20.3 Å². The molecule has 1 fully saturated rings. The van der Waals surface area contributed by atoms with Crippen LogP contribution in [0.15, 0.2) is 16.8 Å². The molecule has 1 aliphatic heterocycles. The molecule has 0 saturated carbocycles. The van der Waals surface area contributed by atoms with Crippen molar-refractivity contribution in [1.29, 1.82) is 0 Å². The van der Waals surface area contributed by atoms with Crippen LogP contribution in [-0.2, 0) is 0 Å². The summed E-state index contributed by atoms with van der Waals surface area (Å²) in [5.41, 5.74) is 0.870. The standard InChI is InChI=1S/C10H13NOS2/c1-11-3-5-14-7-9(11)10(12)8-2-4-13-6-8/h2,4,6,9H,3,5,7H2,1H3. The maximum atomic E-state index is 12.0. The minimum atomic E-state index is 0.0864. The van der Waals surface area contributed by atoms with E-state index in [2.05, 4.69) is 4.90 Å². The van der Waals surface area contributed by atoms with Crippen LogP contribution in [0.2, 0.25) is 0 Å².